The number of likely N-dealkylation sites (tertiary alicyclic amines) is 1. The molecule has 0 spiro atoms. The highest BCUT2D eigenvalue weighted by atomic mass is 19.1. The van der Waals surface area contributed by atoms with Crippen molar-refractivity contribution in [2.24, 2.45) is 0 Å². The molecule has 1 atom stereocenters. The van der Waals surface area contributed by atoms with Gasteiger partial charge in [0, 0.05) is 6.54 Å². The second-order valence-corrected chi connectivity index (χ2v) is 5.52. The molecule has 2 heterocycles. The average Bonchev–Trinajstić information content (AvgIpc) is 3.00. The lowest BCUT2D eigenvalue weighted by molar-refractivity contribution is -0.138. The van der Waals surface area contributed by atoms with Crippen molar-refractivity contribution in [3.63, 3.8) is 0 Å². The third-order valence-corrected chi connectivity index (χ3v) is 3.83. The number of carbonyl (C=O) groups is 1. The van der Waals surface area contributed by atoms with Crippen LogP contribution in [0.5, 0.6) is 5.75 Å². The number of carbonyl (C=O) groups excluding carboxylic acids is 1. The van der Waals surface area contributed by atoms with Crippen molar-refractivity contribution in [1.82, 2.24) is 15.0 Å². The van der Waals surface area contributed by atoms with E-state index >= 15 is 0 Å². The molecule has 23 heavy (non-hydrogen) atoms. The molecule has 1 aromatic carbocycles. The van der Waals surface area contributed by atoms with Gasteiger partial charge < -0.3 is 14.2 Å². The number of amides is 1. The number of piperidine rings is 1. The fourth-order valence-corrected chi connectivity index (χ4v) is 2.69. The predicted octanol–water partition coefficient (Wildman–Crippen LogP) is 2.65. The van der Waals surface area contributed by atoms with Crippen LogP contribution in [0.4, 0.5) is 4.39 Å². The Morgan fingerprint density at radius 1 is 1.39 bits per heavy atom. The SMILES string of the molecule is Cc1noc([C@H]2CCCCN2C(=O)COc2ccc(F)cc2)n1. The van der Waals surface area contributed by atoms with Gasteiger partial charge in [-0.2, -0.15) is 4.98 Å². The Morgan fingerprint density at radius 2 is 2.17 bits per heavy atom. The normalized spacial score (nSPS) is 18.0. The molecular weight excluding hydrogens is 301 g/mol. The lowest BCUT2D eigenvalue weighted by Gasteiger charge is -2.33. The quantitative estimate of drug-likeness (QED) is 0.866. The van der Waals surface area contributed by atoms with Gasteiger partial charge in [0.15, 0.2) is 12.4 Å². The van der Waals surface area contributed by atoms with Gasteiger partial charge in [0.1, 0.15) is 17.6 Å². The minimum absolute atomic E-state index is 0.102. The third kappa shape index (κ3) is 3.67. The van der Waals surface area contributed by atoms with Crippen molar-refractivity contribution < 1.29 is 18.4 Å². The highest BCUT2D eigenvalue weighted by Gasteiger charge is 2.32. The van der Waals surface area contributed by atoms with Gasteiger partial charge in [0.2, 0.25) is 5.89 Å². The molecule has 1 aromatic heterocycles. The van der Waals surface area contributed by atoms with Crippen molar-refractivity contribution in [1.29, 1.82) is 0 Å². The lowest BCUT2D eigenvalue weighted by atomic mass is 10.0. The van der Waals surface area contributed by atoms with Crippen LogP contribution in [0.25, 0.3) is 0 Å². The van der Waals surface area contributed by atoms with E-state index in [-0.39, 0.29) is 24.4 Å². The Morgan fingerprint density at radius 3 is 2.87 bits per heavy atom. The summed E-state index contributed by atoms with van der Waals surface area (Å²) in [5, 5.41) is 3.80. The average molecular weight is 319 g/mol. The van der Waals surface area contributed by atoms with Crippen molar-refractivity contribution in [3.8, 4) is 5.75 Å². The maximum atomic E-state index is 12.9. The van der Waals surface area contributed by atoms with E-state index in [1.165, 1.54) is 24.3 Å². The van der Waals surface area contributed by atoms with Gasteiger partial charge in [-0.25, -0.2) is 4.39 Å². The molecule has 122 valence electrons. The minimum Gasteiger partial charge on any atom is -0.484 e. The minimum atomic E-state index is -0.341. The van der Waals surface area contributed by atoms with Crippen LogP contribution in [-0.4, -0.2) is 34.1 Å². The summed E-state index contributed by atoms with van der Waals surface area (Å²) in [5.74, 6) is 1.00. The van der Waals surface area contributed by atoms with E-state index in [1.54, 1.807) is 11.8 Å². The second-order valence-electron chi connectivity index (χ2n) is 5.52. The summed E-state index contributed by atoms with van der Waals surface area (Å²) in [4.78, 5) is 18.4. The van der Waals surface area contributed by atoms with Crippen LogP contribution in [0, 0.1) is 12.7 Å². The maximum absolute atomic E-state index is 12.9. The molecule has 0 unspecified atom stereocenters. The largest absolute Gasteiger partial charge is 0.484 e. The molecule has 3 rings (SSSR count). The van der Waals surface area contributed by atoms with Crippen LogP contribution in [-0.2, 0) is 4.79 Å². The molecule has 1 saturated heterocycles. The molecule has 2 aromatic rings. The first-order chi connectivity index (χ1) is 11.1. The molecule has 1 aliphatic rings. The molecule has 1 fully saturated rings. The van der Waals surface area contributed by atoms with Gasteiger partial charge in [0.25, 0.3) is 5.91 Å². The van der Waals surface area contributed by atoms with Crippen molar-refractivity contribution in [3.05, 3.63) is 41.8 Å². The maximum Gasteiger partial charge on any atom is 0.261 e. The summed E-state index contributed by atoms with van der Waals surface area (Å²) in [6.45, 7) is 2.28. The summed E-state index contributed by atoms with van der Waals surface area (Å²) in [7, 11) is 0. The standard InChI is InChI=1S/C16H18FN3O3/c1-11-18-16(23-19-11)14-4-2-3-9-20(14)15(21)10-22-13-7-5-12(17)6-8-13/h5-8,14H,2-4,9-10H2,1H3/t14-/m1/s1. The van der Waals surface area contributed by atoms with Crippen molar-refractivity contribution in [2.75, 3.05) is 13.2 Å². The van der Waals surface area contributed by atoms with E-state index in [0.717, 1.165) is 19.3 Å². The summed E-state index contributed by atoms with van der Waals surface area (Å²) in [6, 6.07) is 5.39. The Hall–Kier alpha value is -2.44. The monoisotopic (exact) mass is 319 g/mol. The van der Waals surface area contributed by atoms with E-state index in [0.29, 0.717) is 24.0 Å². The first-order valence-electron chi connectivity index (χ1n) is 7.61. The van der Waals surface area contributed by atoms with E-state index in [4.69, 9.17) is 9.26 Å². The van der Waals surface area contributed by atoms with Gasteiger partial charge in [-0.1, -0.05) is 5.16 Å². The summed E-state index contributed by atoms with van der Waals surface area (Å²) >= 11 is 0. The van der Waals surface area contributed by atoms with Gasteiger partial charge in [-0.3, -0.25) is 4.79 Å². The Labute approximate surface area is 133 Å². The van der Waals surface area contributed by atoms with E-state index in [2.05, 4.69) is 10.1 Å². The topological polar surface area (TPSA) is 68.5 Å². The summed E-state index contributed by atoms with van der Waals surface area (Å²) in [5.41, 5.74) is 0. The zero-order valence-corrected chi connectivity index (χ0v) is 12.9. The number of aromatic nitrogens is 2. The predicted molar refractivity (Wildman–Crippen MR) is 79.2 cm³/mol. The molecule has 0 saturated carbocycles. The summed E-state index contributed by atoms with van der Waals surface area (Å²) in [6.07, 6.45) is 2.74. The zero-order chi connectivity index (χ0) is 16.2. The number of hydrogen-bond acceptors (Lipinski definition) is 5. The highest BCUT2D eigenvalue weighted by Crippen LogP contribution is 2.30. The Kier molecular flexibility index (Phi) is 4.55. The van der Waals surface area contributed by atoms with Gasteiger partial charge in [-0.05, 0) is 50.5 Å². The van der Waals surface area contributed by atoms with Crippen LogP contribution in [0.2, 0.25) is 0 Å². The van der Waals surface area contributed by atoms with Crippen molar-refractivity contribution >= 4 is 5.91 Å². The zero-order valence-electron chi connectivity index (χ0n) is 12.9. The molecular formula is C16H18FN3O3. The lowest BCUT2D eigenvalue weighted by Crippen LogP contribution is -2.41. The first kappa shape index (κ1) is 15.5. The molecule has 0 N–H and O–H groups in total. The fourth-order valence-electron chi connectivity index (χ4n) is 2.69. The van der Waals surface area contributed by atoms with Crippen molar-refractivity contribution in [2.45, 2.75) is 32.2 Å². The second kappa shape index (κ2) is 6.76. The molecule has 0 radical (unpaired) electrons. The van der Waals surface area contributed by atoms with Gasteiger partial charge in [0.05, 0.1) is 0 Å². The van der Waals surface area contributed by atoms with Crippen LogP contribution in [0.3, 0.4) is 0 Å². The van der Waals surface area contributed by atoms with Crippen LogP contribution in [0.15, 0.2) is 28.8 Å². The molecule has 7 heteroatoms. The molecule has 0 aliphatic carbocycles. The van der Waals surface area contributed by atoms with Gasteiger partial charge in [-0.15, -0.1) is 0 Å². The third-order valence-electron chi connectivity index (χ3n) is 3.83. The number of aryl methyl sites for hydroxylation is 1. The number of halogens is 1. The smallest absolute Gasteiger partial charge is 0.261 e. The van der Waals surface area contributed by atoms with Crippen LogP contribution < -0.4 is 4.74 Å². The molecule has 6 nitrogen and oxygen atoms in total. The van der Waals surface area contributed by atoms with Crippen LogP contribution >= 0.6 is 0 Å². The Bertz CT molecular complexity index is 671. The number of benzene rings is 1. The highest BCUT2D eigenvalue weighted by molar-refractivity contribution is 5.78. The van der Waals surface area contributed by atoms with E-state index in [1.807, 2.05) is 0 Å². The summed E-state index contributed by atoms with van der Waals surface area (Å²) < 4.78 is 23.5. The number of hydrogen-bond donors (Lipinski definition) is 0. The molecule has 1 aliphatic heterocycles. The molecule has 1 amide bonds. The number of nitrogens with zero attached hydrogens (tertiary/aromatic N) is 3. The Balaban J connectivity index is 1.65. The first-order valence-corrected chi connectivity index (χ1v) is 7.61. The molecule has 0 bridgehead atoms. The number of rotatable bonds is 4. The number of ether oxygens (including phenoxy) is 1. The van der Waals surface area contributed by atoms with E-state index < -0.39 is 0 Å². The van der Waals surface area contributed by atoms with Gasteiger partial charge >= 0.3 is 0 Å². The van der Waals surface area contributed by atoms with Crippen LogP contribution in [0.1, 0.15) is 37.0 Å². The fraction of sp³-hybridized carbons (Fsp3) is 0.438. The van der Waals surface area contributed by atoms with E-state index in [9.17, 15) is 9.18 Å².